The Labute approximate surface area is 146 Å². The Bertz CT molecular complexity index is 584. The fourth-order valence-corrected chi connectivity index (χ4v) is 3.76. The topological polar surface area (TPSA) is 67.6 Å². The van der Waals surface area contributed by atoms with Crippen molar-refractivity contribution in [2.75, 3.05) is 24.6 Å². The van der Waals surface area contributed by atoms with Crippen molar-refractivity contribution < 1.29 is 9.22 Å². The third-order valence-electron chi connectivity index (χ3n) is 5.38. The maximum atomic E-state index is 11.7. The van der Waals surface area contributed by atoms with Crippen LogP contribution in [0.25, 0.3) is 0 Å². The molecular formula is C18H31N3O2Si. The summed E-state index contributed by atoms with van der Waals surface area (Å²) in [6.07, 6.45) is 1.13. The van der Waals surface area contributed by atoms with Crippen LogP contribution in [0, 0.1) is 5.92 Å². The van der Waals surface area contributed by atoms with Crippen LogP contribution in [-0.2, 0) is 4.43 Å². The summed E-state index contributed by atoms with van der Waals surface area (Å²) in [7, 11) is -1.69. The molecule has 0 spiro atoms. The zero-order valence-corrected chi connectivity index (χ0v) is 16.6. The SMILES string of the molecule is CC(C)(C)[Si](C)(C)OCC1CCN(c2cccc(C(=O)NN)c2)C1. The lowest BCUT2D eigenvalue weighted by Crippen LogP contribution is -2.42. The van der Waals surface area contributed by atoms with E-state index in [4.69, 9.17) is 10.3 Å². The highest BCUT2D eigenvalue weighted by molar-refractivity contribution is 6.74. The second-order valence-corrected chi connectivity index (χ2v) is 13.0. The minimum absolute atomic E-state index is 0.245. The lowest BCUT2D eigenvalue weighted by atomic mass is 10.1. The number of benzene rings is 1. The first-order chi connectivity index (χ1) is 11.1. The van der Waals surface area contributed by atoms with E-state index in [2.05, 4.69) is 44.2 Å². The highest BCUT2D eigenvalue weighted by Crippen LogP contribution is 2.37. The molecule has 6 heteroatoms. The molecule has 134 valence electrons. The summed E-state index contributed by atoms with van der Waals surface area (Å²) in [6, 6.07) is 7.63. The van der Waals surface area contributed by atoms with Crippen molar-refractivity contribution in [3.05, 3.63) is 29.8 Å². The van der Waals surface area contributed by atoms with Crippen LogP contribution in [0.15, 0.2) is 24.3 Å². The molecule has 0 bridgehead atoms. The van der Waals surface area contributed by atoms with Crippen LogP contribution in [0.5, 0.6) is 0 Å². The van der Waals surface area contributed by atoms with E-state index < -0.39 is 8.32 Å². The van der Waals surface area contributed by atoms with E-state index in [-0.39, 0.29) is 10.9 Å². The van der Waals surface area contributed by atoms with Crippen molar-refractivity contribution in [2.45, 2.75) is 45.3 Å². The van der Waals surface area contributed by atoms with Crippen LogP contribution in [0.3, 0.4) is 0 Å². The van der Waals surface area contributed by atoms with Gasteiger partial charge in [-0.05, 0) is 42.8 Å². The number of carbonyl (C=O) groups is 1. The molecule has 0 saturated carbocycles. The van der Waals surface area contributed by atoms with Gasteiger partial charge in [-0.1, -0.05) is 26.8 Å². The maximum Gasteiger partial charge on any atom is 0.265 e. The zero-order valence-electron chi connectivity index (χ0n) is 15.6. The maximum absolute atomic E-state index is 11.7. The Hall–Kier alpha value is -1.37. The van der Waals surface area contributed by atoms with E-state index >= 15 is 0 Å². The van der Waals surface area contributed by atoms with E-state index in [1.165, 1.54) is 0 Å². The second kappa shape index (κ2) is 7.25. The summed E-state index contributed by atoms with van der Waals surface area (Å²) in [4.78, 5) is 14.0. The molecule has 1 aromatic carbocycles. The molecule has 1 aromatic rings. The number of amides is 1. The van der Waals surface area contributed by atoms with Gasteiger partial charge in [-0.2, -0.15) is 0 Å². The lowest BCUT2D eigenvalue weighted by Gasteiger charge is -2.37. The van der Waals surface area contributed by atoms with Crippen LogP contribution in [-0.4, -0.2) is 33.9 Å². The lowest BCUT2D eigenvalue weighted by molar-refractivity contribution is 0.0953. The normalized spacial score (nSPS) is 18.8. The number of nitrogen functional groups attached to an aromatic ring is 1. The van der Waals surface area contributed by atoms with Crippen molar-refractivity contribution in [3.8, 4) is 0 Å². The van der Waals surface area contributed by atoms with E-state index in [1.54, 1.807) is 6.07 Å². The summed E-state index contributed by atoms with van der Waals surface area (Å²) < 4.78 is 6.37. The quantitative estimate of drug-likeness (QED) is 0.371. The molecule has 0 radical (unpaired) electrons. The van der Waals surface area contributed by atoms with Crippen molar-refractivity contribution in [3.63, 3.8) is 0 Å². The van der Waals surface area contributed by atoms with E-state index in [9.17, 15) is 4.79 Å². The van der Waals surface area contributed by atoms with Gasteiger partial charge in [0.1, 0.15) is 0 Å². The Morgan fingerprint density at radius 3 is 2.75 bits per heavy atom. The molecule has 1 heterocycles. The number of carbonyl (C=O) groups excluding carboxylic acids is 1. The fraction of sp³-hybridized carbons (Fsp3) is 0.611. The summed E-state index contributed by atoms with van der Waals surface area (Å²) in [5.41, 5.74) is 3.85. The first kappa shape index (κ1) is 19.0. The summed E-state index contributed by atoms with van der Waals surface area (Å²) in [6.45, 7) is 14.2. The van der Waals surface area contributed by atoms with Gasteiger partial charge >= 0.3 is 0 Å². The predicted molar refractivity (Wildman–Crippen MR) is 102 cm³/mol. The van der Waals surface area contributed by atoms with Crippen molar-refractivity contribution >= 4 is 19.9 Å². The number of nitrogens with zero attached hydrogens (tertiary/aromatic N) is 1. The number of rotatable bonds is 5. The standard InChI is InChI=1S/C18H31N3O2Si/c1-18(2,3)24(4,5)23-13-14-9-10-21(12-14)16-8-6-7-15(11-16)17(22)20-19/h6-8,11,14H,9-10,12-13,19H2,1-5H3,(H,20,22). The van der Waals surface area contributed by atoms with Crippen LogP contribution in [0.2, 0.25) is 18.1 Å². The summed E-state index contributed by atoms with van der Waals surface area (Å²) >= 11 is 0. The zero-order chi connectivity index (χ0) is 18.0. The van der Waals surface area contributed by atoms with E-state index in [1.807, 2.05) is 18.2 Å². The average molecular weight is 350 g/mol. The molecule has 0 aromatic heterocycles. The highest BCUT2D eigenvalue weighted by atomic mass is 28.4. The number of hydrogen-bond acceptors (Lipinski definition) is 4. The molecule has 0 aliphatic carbocycles. The number of nitrogens with one attached hydrogen (secondary N) is 1. The van der Waals surface area contributed by atoms with Gasteiger partial charge in [-0.25, -0.2) is 5.84 Å². The smallest absolute Gasteiger partial charge is 0.265 e. The molecular weight excluding hydrogens is 318 g/mol. The first-order valence-electron chi connectivity index (χ1n) is 8.64. The van der Waals surface area contributed by atoms with Gasteiger partial charge < -0.3 is 9.33 Å². The third kappa shape index (κ3) is 4.37. The second-order valence-electron chi connectivity index (χ2n) is 8.20. The molecule has 2 rings (SSSR count). The molecule has 1 aliphatic heterocycles. The minimum Gasteiger partial charge on any atom is -0.416 e. The fourth-order valence-electron chi connectivity index (χ4n) is 2.67. The van der Waals surface area contributed by atoms with Crippen molar-refractivity contribution in [2.24, 2.45) is 11.8 Å². The first-order valence-corrected chi connectivity index (χ1v) is 11.5. The van der Waals surface area contributed by atoms with Crippen molar-refractivity contribution in [1.29, 1.82) is 0 Å². The Balaban J connectivity index is 1.95. The number of hydrazine groups is 1. The van der Waals surface area contributed by atoms with E-state index in [0.29, 0.717) is 11.5 Å². The monoisotopic (exact) mass is 349 g/mol. The van der Waals surface area contributed by atoms with Gasteiger partial charge in [0.25, 0.3) is 5.91 Å². The third-order valence-corrected chi connectivity index (χ3v) is 9.88. The van der Waals surface area contributed by atoms with Crippen LogP contribution < -0.4 is 16.2 Å². The molecule has 1 saturated heterocycles. The summed E-state index contributed by atoms with van der Waals surface area (Å²) in [5.74, 6) is 5.51. The molecule has 1 amide bonds. The van der Waals surface area contributed by atoms with Gasteiger partial charge in [-0.3, -0.25) is 10.2 Å². The van der Waals surface area contributed by atoms with E-state index in [0.717, 1.165) is 31.8 Å². The molecule has 1 fully saturated rings. The summed E-state index contributed by atoms with van der Waals surface area (Å²) in [5, 5.41) is 0.245. The van der Waals surface area contributed by atoms with Gasteiger partial charge in [-0.15, -0.1) is 0 Å². The van der Waals surface area contributed by atoms with Gasteiger partial charge in [0.15, 0.2) is 8.32 Å². The molecule has 1 aliphatic rings. The minimum atomic E-state index is -1.69. The average Bonchev–Trinajstić information content (AvgIpc) is 3.00. The Morgan fingerprint density at radius 1 is 1.42 bits per heavy atom. The highest BCUT2D eigenvalue weighted by Gasteiger charge is 2.38. The Morgan fingerprint density at radius 2 is 2.12 bits per heavy atom. The van der Waals surface area contributed by atoms with Crippen LogP contribution in [0.1, 0.15) is 37.6 Å². The molecule has 5 nitrogen and oxygen atoms in total. The van der Waals surface area contributed by atoms with Crippen molar-refractivity contribution in [1.82, 2.24) is 5.43 Å². The van der Waals surface area contributed by atoms with Crippen LogP contribution >= 0.6 is 0 Å². The van der Waals surface area contributed by atoms with Crippen LogP contribution in [0.4, 0.5) is 5.69 Å². The Kier molecular flexibility index (Phi) is 5.73. The van der Waals surface area contributed by atoms with Gasteiger partial charge in [0.05, 0.1) is 0 Å². The number of anilines is 1. The molecule has 3 N–H and O–H groups in total. The predicted octanol–water partition coefficient (Wildman–Crippen LogP) is 3.14. The molecule has 1 atom stereocenters. The number of hydrogen-bond donors (Lipinski definition) is 2. The molecule has 1 unspecified atom stereocenters. The largest absolute Gasteiger partial charge is 0.416 e. The molecule has 24 heavy (non-hydrogen) atoms. The van der Waals surface area contributed by atoms with Gasteiger partial charge in [0.2, 0.25) is 0 Å². The van der Waals surface area contributed by atoms with Gasteiger partial charge in [0, 0.05) is 36.9 Å². The number of nitrogens with two attached hydrogens (primary N) is 1.